The van der Waals surface area contributed by atoms with Crippen molar-refractivity contribution in [1.82, 2.24) is 10.6 Å². The van der Waals surface area contributed by atoms with Crippen molar-refractivity contribution in [3.05, 3.63) is 34.9 Å². The molecule has 0 saturated heterocycles. The van der Waals surface area contributed by atoms with Gasteiger partial charge in [-0.25, -0.2) is 0 Å². The molecule has 0 radical (unpaired) electrons. The lowest BCUT2D eigenvalue weighted by molar-refractivity contribution is -0.143. The van der Waals surface area contributed by atoms with E-state index >= 15 is 0 Å². The zero-order valence-electron chi connectivity index (χ0n) is 12.8. The number of amides is 2. The number of benzene rings is 1. The zero-order chi connectivity index (χ0) is 19.3. The molecule has 0 unspecified atom stereocenters. The lowest BCUT2D eigenvalue weighted by Gasteiger charge is -2.17. The number of hydrogen-bond donors (Lipinski definition) is 2. The maximum Gasteiger partial charge on any atom is 0.416 e. The van der Waals surface area contributed by atoms with Gasteiger partial charge in [-0.15, -0.1) is 0 Å². The summed E-state index contributed by atoms with van der Waals surface area (Å²) in [5.74, 6) is -0.820. The van der Waals surface area contributed by atoms with Crippen molar-refractivity contribution >= 4 is 12.3 Å². The minimum absolute atomic E-state index is 0.00695. The molecule has 0 fully saturated rings. The number of nitrogens with one attached hydrogen (secondary N) is 2. The fourth-order valence-corrected chi connectivity index (χ4v) is 1.88. The molecule has 0 bridgehead atoms. The SMILES string of the molecule is COC[C@@H](NC=O)C(=O)NCc1cc(C(F)(F)F)cc(C(F)(F)F)c1. The predicted molar refractivity (Wildman–Crippen MR) is 73.2 cm³/mol. The standard InChI is InChI=1S/C14H14F6N2O3/c1-25-6-11(22-7-23)12(24)21-5-8-2-9(13(15,16)17)4-10(3-8)14(18,19)20/h2-4,7,11H,5-6H2,1H3,(H,21,24)(H,22,23)/t11-/m1/s1. The van der Waals surface area contributed by atoms with E-state index in [0.717, 1.165) is 0 Å². The number of methoxy groups -OCH3 is 1. The van der Waals surface area contributed by atoms with Gasteiger partial charge >= 0.3 is 12.4 Å². The Kier molecular flexibility index (Phi) is 6.79. The monoisotopic (exact) mass is 372 g/mol. The van der Waals surface area contributed by atoms with Gasteiger partial charge in [0.1, 0.15) is 6.04 Å². The van der Waals surface area contributed by atoms with Crippen molar-refractivity contribution in [3.8, 4) is 0 Å². The number of carbonyl (C=O) groups excluding carboxylic acids is 2. The van der Waals surface area contributed by atoms with Crippen LogP contribution in [0.5, 0.6) is 0 Å². The van der Waals surface area contributed by atoms with Crippen molar-refractivity contribution in [2.75, 3.05) is 13.7 Å². The van der Waals surface area contributed by atoms with Crippen molar-refractivity contribution in [2.45, 2.75) is 24.9 Å². The minimum Gasteiger partial charge on any atom is -0.382 e. The molecule has 0 aliphatic rings. The Bertz CT molecular complexity index is 583. The van der Waals surface area contributed by atoms with Gasteiger partial charge in [0.15, 0.2) is 0 Å². The molecule has 140 valence electrons. The average molecular weight is 372 g/mol. The van der Waals surface area contributed by atoms with Crippen LogP contribution in [-0.4, -0.2) is 32.1 Å². The number of halogens is 6. The highest BCUT2D eigenvalue weighted by Crippen LogP contribution is 2.36. The molecular formula is C14H14F6N2O3. The Hall–Kier alpha value is -2.30. The second kappa shape index (κ2) is 8.19. The van der Waals surface area contributed by atoms with Gasteiger partial charge in [-0.1, -0.05) is 0 Å². The Morgan fingerprint density at radius 1 is 1.12 bits per heavy atom. The summed E-state index contributed by atoms with van der Waals surface area (Å²) in [6.07, 6.45) is -9.73. The van der Waals surface area contributed by atoms with Crippen LogP contribution in [0.15, 0.2) is 18.2 Å². The number of alkyl halides is 6. The van der Waals surface area contributed by atoms with Crippen LogP contribution in [0.3, 0.4) is 0 Å². The molecule has 0 aromatic heterocycles. The third-order valence-electron chi connectivity index (χ3n) is 3.03. The first-order valence-corrected chi connectivity index (χ1v) is 6.73. The lowest BCUT2D eigenvalue weighted by Crippen LogP contribution is -2.46. The number of rotatable bonds is 7. The fraction of sp³-hybridized carbons (Fsp3) is 0.429. The van der Waals surface area contributed by atoms with Crippen molar-refractivity contribution in [3.63, 3.8) is 0 Å². The smallest absolute Gasteiger partial charge is 0.382 e. The Morgan fingerprint density at radius 3 is 2.04 bits per heavy atom. The quantitative estimate of drug-likeness (QED) is 0.569. The van der Waals surface area contributed by atoms with E-state index in [4.69, 9.17) is 0 Å². The Balaban J connectivity index is 3.01. The largest absolute Gasteiger partial charge is 0.416 e. The average Bonchev–Trinajstić information content (AvgIpc) is 2.50. The molecule has 0 spiro atoms. The van der Waals surface area contributed by atoms with Gasteiger partial charge in [0.25, 0.3) is 0 Å². The van der Waals surface area contributed by atoms with Gasteiger partial charge in [-0.2, -0.15) is 26.3 Å². The molecule has 0 aliphatic heterocycles. The third kappa shape index (κ3) is 6.25. The maximum atomic E-state index is 12.7. The predicted octanol–water partition coefficient (Wildman–Crippen LogP) is 2.10. The molecule has 1 rings (SSSR count). The summed E-state index contributed by atoms with van der Waals surface area (Å²) in [5.41, 5.74) is -3.35. The first-order chi connectivity index (χ1) is 11.5. The van der Waals surface area contributed by atoms with Crippen molar-refractivity contribution < 1.29 is 40.7 Å². The van der Waals surface area contributed by atoms with Crippen LogP contribution in [-0.2, 0) is 33.2 Å². The second-order valence-electron chi connectivity index (χ2n) is 4.92. The molecule has 11 heteroatoms. The topological polar surface area (TPSA) is 67.4 Å². The van der Waals surface area contributed by atoms with Crippen LogP contribution in [0.25, 0.3) is 0 Å². The number of hydrogen-bond acceptors (Lipinski definition) is 3. The summed E-state index contributed by atoms with van der Waals surface area (Å²) in [7, 11) is 1.25. The molecule has 5 nitrogen and oxygen atoms in total. The van der Waals surface area contributed by atoms with Gasteiger partial charge in [0, 0.05) is 13.7 Å². The number of carbonyl (C=O) groups is 2. The Morgan fingerprint density at radius 2 is 1.64 bits per heavy atom. The highest BCUT2D eigenvalue weighted by atomic mass is 19.4. The minimum atomic E-state index is -4.97. The summed E-state index contributed by atoms with van der Waals surface area (Å²) in [5, 5.41) is 4.26. The molecule has 2 amide bonds. The summed E-state index contributed by atoms with van der Waals surface area (Å²) in [4.78, 5) is 22.2. The molecule has 1 aromatic rings. The third-order valence-corrected chi connectivity index (χ3v) is 3.03. The van der Waals surface area contributed by atoms with Crippen molar-refractivity contribution in [1.29, 1.82) is 0 Å². The van der Waals surface area contributed by atoms with Crippen LogP contribution in [0, 0.1) is 0 Å². The molecule has 0 aliphatic carbocycles. The molecule has 2 N–H and O–H groups in total. The van der Waals surface area contributed by atoms with E-state index in [9.17, 15) is 35.9 Å². The van der Waals surface area contributed by atoms with Crippen molar-refractivity contribution in [2.24, 2.45) is 0 Å². The van der Waals surface area contributed by atoms with Gasteiger partial charge in [0.2, 0.25) is 12.3 Å². The van der Waals surface area contributed by atoms with Crippen LogP contribution in [0.2, 0.25) is 0 Å². The summed E-state index contributed by atoms with van der Waals surface area (Å²) < 4.78 is 81.1. The second-order valence-corrected chi connectivity index (χ2v) is 4.92. The van der Waals surface area contributed by atoms with E-state index in [0.29, 0.717) is 12.1 Å². The summed E-state index contributed by atoms with van der Waals surface area (Å²) >= 11 is 0. The summed E-state index contributed by atoms with van der Waals surface area (Å²) in [6.45, 7) is -0.812. The highest BCUT2D eigenvalue weighted by molar-refractivity contribution is 5.83. The van der Waals surface area contributed by atoms with Crippen LogP contribution in [0.4, 0.5) is 26.3 Å². The van der Waals surface area contributed by atoms with Gasteiger partial charge in [-0.05, 0) is 23.8 Å². The molecule has 1 atom stereocenters. The first kappa shape index (κ1) is 20.7. The molecule has 0 saturated carbocycles. The fourth-order valence-electron chi connectivity index (χ4n) is 1.88. The van der Waals surface area contributed by atoms with E-state index in [1.54, 1.807) is 0 Å². The van der Waals surface area contributed by atoms with Gasteiger partial charge < -0.3 is 15.4 Å². The highest BCUT2D eigenvalue weighted by Gasteiger charge is 2.36. The van der Waals surface area contributed by atoms with Crippen LogP contribution in [0.1, 0.15) is 16.7 Å². The maximum absolute atomic E-state index is 12.7. The van der Waals surface area contributed by atoms with E-state index in [2.05, 4.69) is 15.4 Å². The normalized spacial score (nSPS) is 13.2. The van der Waals surface area contributed by atoms with Gasteiger partial charge in [0.05, 0.1) is 17.7 Å². The van der Waals surface area contributed by atoms with E-state index in [1.165, 1.54) is 7.11 Å². The van der Waals surface area contributed by atoms with Gasteiger partial charge in [-0.3, -0.25) is 9.59 Å². The van der Waals surface area contributed by atoms with E-state index in [1.807, 2.05) is 0 Å². The summed E-state index contributed by atoms with van der Waals surface area (Å²) in [6, 6.07) is -0.120. The van der Waals surface area contributed by atoms with Crippen LogP contribution >= 0.6 is 0 Å². The molecule has 0 heterocycles. The van der Waals surface area contributed by atoms with E-state index < -0.39 is 47.5 Å². The molecule has 1 aromatic carbocycles. The van der Waals surface area contributed by atoms with Crippen LogP contribution < -0.4 is 10.6 Å². The number of ether oxygens (including phenoxy) is 1. The van der Waals surface area contributed by atoms with E-state index in [-0.39, 0.29) is 19.1 Å². The zero-order valence-corrected chi connectivity index (χ0v) is 12.8. The lowest BCUT2D eigenvalue weighted by atomic mass is 10.0. The first-order valence-electron chi connectivity index (χ1n) is 6.73. The Labute approximate surface area is 138 Å². The molecule has 25 heavy (non-hydrogen) atoms. The molecular weight excluding hydrogens is 358 g/mol.